The number of para-hydroxylation sites is 1. The Morgan fingerprint density at radius 3 is 2.72 bits per heavy atom. The van der Waals surface area contributed by atoms with E-state index in [0.29, 0.717) is 16.5 Å². The predicted octanol–water partition coefficient (Wildman–Crippen LogP) is 5.24. The highest BCUT2D eigenvalue weighted by Crippen LogP contribution is 2.31. The maximum absolute atomic E-state index is 12.3. The number of benzene rings is 2. The topological polar surface area (TPSA) is 64.4 Å². The molecule has 2 aromatic carbocycles. The first-order chi connectivity index (χ1) is 12.2. The third-order valence-corrected chi connectivity index (χ3v) is 4.60. The normalized spacial score (nSPS) is 10.8. The number of carbonyl (C=O) groups is 1. The Morgan fingerprint density at radius 1 is 1.12 bits per heavy atom. The zero-order valence-electron chi connectivity index (χ0n) is 13.4. The van der Waals surface area contributed by atoms with Crippen molar-refractivity contribution in [3.8, 4) is 11.5 Å². The number of amides is 1. The molecule has 0 aliphatic carbocycles. The average Bonchev–Trinajstić information content (AvgIpc) is 3.21. The third-order valence-electron chi connectivity index (χ3n) is 3.66. The number of nitrogens with one attached hydrogen (secondary N) is 1. The average molecular weight is 350 g/mol. The Bertz CT molecular complexity index is 1040. The van der Waals surface area contributed by atoms with Gasteiger partial charge in [-0.05, 0) is 37.3 Å². The van der Waals surface area contributed by atoms with Gasteiger partial charge in [0, 0.05) is 6.07 Å². The molecule has 124 valence electrons. The van der Waals surface area contributed by atoms with Crippen LogP contribution in [0.5, 0.6) is 11.5 Å². The zero-order valence-corrected chi connectivity index (χ0v) is 14.2. The second-order valence-corrected chi connectivity index (χ2v) is 6.44. The van der Waals surface area contributed by atoms with Crippen LogP contribution in [0.1, 0.15) is 16.1 Å². The molecule has 0 saturated heterocycles. The summed E-state index contributed by atoms with van der Waals surface area (Å²) < 4.78 is 11.9. The van der Waals surface area contributed by atoms with Crippen LogP contribution in [0.3, 0.4) is 0 Å². The second-order valence-electron chi connectivity index (χ2n) is 5.41. The van der Waals surface area contributed by atoms with Crippen molar-refractivity contribution in [1.82, 2.24) is 4.98 Å². The molecule has 0 unspecified atom stereocenters. The molecule has 0 aliphatic heterocycles. The van der Waals surface area contributed by atoms with Gasteiger partial charge in [0.1, 0.15) is 17.3 Å². The quantitative estimate of drug-likeness (QED) is 0.546. The lowest BCUT2D eigenvalue weighted by Crippen LogP contribution is -2.11. The molecular weight excluding hydrogens is 336 g/mol. The summed E-state index contributed by atoms with van der Waals surface area (Å²) >= 11 is 1.40. The number of nitrogens with zero attached hydrogens (tertiary/aromatic N) is 1. The zero-order chi connectivity index (χ0) is 17.2. The Kier molecular flexibility index (Phi) is 3.95. The number of ether oxygens (including phenoxy) is 1. The molecule has 1 N–H and O–H groups in total. The van der Waals surface area contributed by atoms with Crippen LogP contribution >= 0.6 is 11.3 Å². The summed E-state index contributed by atoms with van der Waals surface area (Å²) in [5, 5.41) is 3.35. The van der Waals surface area contributed by atoms with E-state index >= 15 is 0 Å². The van der Waals surface area contributed by atoms with Crippen molar-refractivity contribution in [1.29, 1.82) is 0 Å². The molecule has 5 nitrogen and oxygen atoms in total. The molecule has 0 fully saturated rings. The highest BCUT2D eigenvalue weighted by molar-refractivity contribution is 7.22. The van der Waals surface area contributed by atoms with Crippen molar-refractivity contribution in [2.75, 3.05) is 5.32 Å². The SMILES string of the molecule is Cc1occc1C(=O)Nc1nc2ccc(Oc3ccccc3)cc2s1. The van der Waals surface area contributed by atoms with Gasteiger partial charge in [0.05, 0.1) is 22.0 Å². The Balaban J connectivity index is 1.56. The van der Waals surface area contributed by atoms with E-state index in [1.807, 2.05) is 48.5 Å². The van der Waals surface area contributed by atoms with Gasteiger partial charge in [-0.3, -0.25) is 10.1 Å². The fraction of sp³-hybridized carbons (Fsp3) is 0.0526. The van der Waals surface area contributed by atoms with Crippen molar-refractivity contribution in [2.45, 2.75) is 6.92 Å². The summed E-state index contributed by atoms with van der Waals surface area (Å²) in [5.41, 5.74) is 1.32. The van der Waals surface area contributed by atoms with Crippen LogP contribution in [0.25, 0.3) is 10.2 Å². The van der Waals surface area contributed by atoms with Crippen LogP contribution in [0.15, 0.2) is 65.3 Å². The fourth-order valence-corrected chi connectivity index (χ4v) is 3.32. The number of fused-ring (bicyclic) bond motifs is 1. The first-order valence-electron chi connectivity index (χ1n) is 7.68. The predicted molar refractivity (Wildman–Crippen MR) is 97.5 cm³/mol. The third kappa shape index (κ3) is 3.25. The molecule has 25 heavy (non-hydrogen) atoms. The van der Waals surface area contributed by atoms with E-state index in [-0.39, 0.29) is 5.91 Å². The molecule has 0 atom stereocenters. The van der Waals surface area contributed by atoms with Gasteiger partial charge < -0.3 is 9.15 Å². The van der Waals surface area contributed by atoms with Gasteiger partial charge >= 0.3 is 0 Å². The first kappa shape index (κ1) is 15.4. The van der Waals surface area contributed by atoms with E-state index in [2.05, 4.69) is 10.3 Å². The summed E-state index contributed by atoms with van der Waals surface area (Å²) in [4.78, 5) is 16.7. The van der Waals surface area contributed by atoms with Crippen molar-refractivity contribution in [3.63, 3.8) is 0 Å². The minimum absolute atomic E-state index is 0.230. The van der Waals surface area contributed by atoms with Crippen molar-refractivity contribution in [3.05, 3.63) is 72.2 Å². The standard InChI is InChI=1S/C19H14N2O3S/c1-12-15(9-10-23-12)18(22)21-19-20-16-8-7-14(11-17(16)25-19)24-13-5-3-2-4-6-13/h2-11H,1H3,(H,20,21,22). The number of carbonyl (C=O) groups excluding carboxylic acids is 1. The molecule has 0 saturated carbocycles. The van der Waals surface area contributed by atoms with Gasteiger partial charge in [-0.1, -0.05) is 29.5 Å². The van der Waals surface area contributed by atoms with Crippen LogP contribution in [-0.4, -0.2) is 10.9 Å². The van der Waals surface area contributed by atoms with E-state index in [9.17, 15) is 4.79 Å². The van der Waals surface area contributed by atoms with E-state index in [1.165, 1.54) is 17.6 Å². The lowest BCUT2D eigenvalue weighted by molar-refractivity contribution is 0.102. The summed E-state index contributed by atoms with van der Waals surface area (Å²) in [6, 6.07) is 16.9. The van der Waals surface area contributed by atoms with E-state index < -0.39 is 0 Å². The molecule has 1 amide bonds. The number of thiazole rings is 1. The fourth-order valence-electron chi connectivity index (χ4n) is 2.43. The molecular formula is C19H14N2O3S. The number of hydrogen-bond donors (Lipinski definition) is 1. The van der Waals surface area contributed by atoms with Crippen molar-refractivity contribution < 1.29 is 13.9 Å². The van der Waals surface area contributed by atoms with Crippen LogP contribution < -0.4 is 10.1 Å². The molecule has 2 heterocycles. The molecule has 0 aliphatic rings. The monoisotopic (exact) mass is 350 g/mol. The van der Waals surface area contributed by atoms with Crippen LogP contribution in [0.2, 0.25) is 0 Å². The van der Waals surface area contributed by atoms with Gasteiger partial charge in [-0.25, -0.2) is 4.98 Å². The van der Waals surface area contributed by atoms with E-state index in [1.54, 1.807) is 13.0 Å². The van der Waals surface area contributed by atoms with Gasteiger partial charge in [0.15, 0.2) is 5.13 Å². The number of furan rings is 1. The molecule has 0 radical (unpaired) electrons. The lowest BCUT2D eigenvalue weighted by Gasteiger charge is -2.04. The second kappa shape index (κ2) is 6.41. The number of aryl methyl sites for hydroxylation is 1. The maximum Gasteiger partial charge on any atom is 0.260 e. The van der Waals surface area contributed by atoms with Gasteiger partial charge in [0.2, 0.25) is 0 Å². The highest BCUT2D eigenvalue weighted by atomic mass is 32.1. The molecule has 0 spiro atoms. The number of aromatic nitrogens is 1. The highest BCUT2D eigenvalue weighted by Gasteiger charge is 2.14. The largest absolute Gasteiger partial charge is 0.469 e. The van der Waals surface area contributed by atoms with E-state index in [4.69, 9.17) is 9.15 Å². The smallest absolute Gasteiger partial charge is 0.260 e. The van der Waals surface area contributed by atoms with Crippen LogP contribution in [-0.2, 0) is 0 Å². The van der Waals surface area contributed by atoms with Crippen molar-refractivity contribution in [2.24, 2.45) is 0 Å². The molecule has 6 heteroatoms. The Labute approximate surface area is 147 Å². The molecule has 2 aromatic heterocycles. The molecule has 0 bridgehead atoms. The Morgan fingerprint density at radius 2 is 1.96 bits per heavy atom. The lowest BCUT2D eigenvalue weighted by atomic mass is 10.2. The molecule has 4 aromatic rings. The van der Waals surface area contributed by atoms with Crippen LogP contribution in [0, 0.1) is 6.92 Å². The summed E-state index contributed by atoms with van der Waals surface area (Å²) in [6.45, 7) is 1.75. The number of hydrogen-bond acceptors (Lipinski definition) is 5. The van der Waals surface area contributed by atoms with Crippen LogP contribution in [0.4, 0.5) is 5.13 Å². The molecule has 4 rings (SSSR count). The summed E-state index contributed by atoms with van der Waals surface area (Å²) in [6.07, 6.45) is 1.50. The van der Waals surface area contributed by atoms with Crippen molar-refractivity contribution >= 4 is 32.6 Å². The number of rotatable bonds is 4. The van der Waals surface area contributed by atoms with Gasteiger partial charge in [0.25, 0.3) is 5.91 Å². The first-order valence-corrected chi connectivity index (χ1v) is 8.49. The van der Waals surface area contributed by atoms with Gasteiger partial charge in [-0.2, -0.15) is 0 Å². The minimum atomic E-state index is -0.230. The van der Waals surface area contributed by atoms with Gasteiger partial charge in [-0.15, -0.1) is 0 Å². The minimum Gasteiger partial charge on any atom is -0.469 e. The van der Waals surface area contributed by atoms with E-state index in [0.717, 1.165) is 21.7 Å². The summed E-state index contributed by atoms with van der Waals surface area (Å²) in [7, 11) is 0. The maximum atomic E-state index is 12.3. The summed E-state index contributed by atoms with van der Waals surface area (Å²) in [5.74, 6) is 1.85. The number of anilines is 1. The Hall–Kier alpha value is -3.12.